The van der Waals surface area contributed by atoms with Crippen LogP contribution in [0.2, 0.25) is 0 Å². The normalized spacial score (nSPS) is 12.4. The first-order valence-electron chi connectivity index (χ1n) is 5.35. The van der Waals surface area contributed by atoms with Crippen LogP contribution in [-0.2, 0) is 4.74 Å². The number of nitrogens with zero attached hydrogens (tertiary/aromatic N) is 1. The lowest BCUT2D eigenvalue weighted by molar-refractivity contribution is 0.119. The van der Waals surface area contributed by atoms with Crippen LogP contribution in [-0.4, -0.2) is 12.1 Å². The van der Waals surface area contributed by atoms with Crippen molar-refractivity contribution in [1.29, 1.82) is 0 Å². The molecule has 0 spiro atoms. The number of pyridine rings is 1. The fourth-order valence-corrected chi connectivity index (χ4v) is 1.60. The number of hydrogen-bond acceptors (Lipinski definition) is 2. The highest BCUT2D eigenvalue weighted by atomic mass is 16.5. The zero-order valence-electron chi connectivity index (χ0n) is 9.55. The van der Waals surface area contributed by atoms with Crippen molar-refractivity contribution in [2.24, 2.45) is 0 Å². The topological polar surface area (TPSA) is 22.1 Å². The lowest BCUT2D eigenvalue weighted by Crippen LogP contribution is -1.96. The first-order chi connectivity index (χ1) is 7.81. The summed E-state index contributed by atoms with van der Waals surface area (Å²) in [5, 5.41) is 0. The Morgan fingerprint density at radius 3 is 2.56 bits per heavy atom. The molecule has 0 aliphatic carbocycles. The van der Waals surface area contributed by atoms with Crippen molar-refractivity contribution in [3.05, 3.63) is 54.2 Å². The van der Waals surface area contributed by atoms with Crippen LogP contribution in [0.15, 0.2) is 48.7 Å². The van der Waals surface area contributed by atoms with Crippen LogP contribution in [0.25, 0.3) is 11.3 Å². The standard InChI is InChI=1S/C14H15NO/c1-11(16-2)13-8-9-15-14(10-13)12-6-4-3-5-7-12/h3-11H,1-2H3. The molecule has 0 saturated carbocycles. The Bertz CT molecular complexity index is 453. The van der Waals surface area contributed by atoms with Crippen molar-refractivity contribution >= 4 is 0 Å². The Morgan fingerprint density at radius 1 is 1.12 bits per heavy atom. The maximum atomic E-state index is 5.30. The van der Waals surface area contributed by atoms with Crippen molar-refractivity contribution < 1.29 is 4.74 Å². The molecule has 2 nitrogen and oxygen atoms in total. The summed E-state index contributed by atoms with van der Waals surface area (Å²) in [7, 11) is 1.72. The molecule has 0 aliphatic heterocycles. The van der Waals surface area contributed by atoms with E-state index in [1.807, 2.05) is 37.4 Å². The van der Waals surface area contributed by atoms with Gasteiger partial charge in [0.05, 0.1) is 11.8 Å². The van der Waals surface area contributed by atoms with Gasteiger partial charge < -0.3 is 4.74 Å². The fourth-order valence-electron chi connectivity index (χ4n) is 1.60. The molecule has 0 radical (unpaired) electrons. The van der Waals surface area contributed by atoms with Crippen LogP contribution in [0.5, 0.6) is 0 Å². The average Bonchev–Trinajstić information content (AvgIpc) is 2.39. The number of methoxy groups -OCH3 is 1. The van der Waals surface area contributed by atoms with Gasteiger partial charge in [0.1, 0.15) is 0 Å². The SMILES string of the molecule is COC(C)c1ccnc(-c2ccccc2)c1. The lowest BCUT2D eigenvalue weighted by atomic mass is 10.1. The molecule has 0 bridgehead atoms. The van der Waals surface area contributed by atoms with E-state index >= 15 is 0 Å². The highest BCUT2D eigenvalue weighted by molar-refractivity contribution is 5.59. The van der Waals surface area contributed by atoms with Crippen LogP contribution in [0.4, 0.5) is 0 Å². The van der Waals surface area contributed by atoms with Gasteiger partial charge in [-0.1, -0.05) is 30.3 Å². The van der Waals surface area contributed by atoms with Gasteiger partial charge in [0, 0.05) is 18.9 Å². The number of hydrogen-bond donors (Lipinski definition) is 0. The molecular weight excluding hydrogens is 198 g/mol. The van der Waals surface area contributed by atoms with Crippen LogP contribution < -0.4 is 0 Å². The van der Waals surface area contributed by atoms with Gasteiger partial charge in [-0.05, 0) is 24.6 Å². The molecule has 1 heterocycles. The summed E-state index contributed by atoms with van der Waals surface area (Å²) in [6.45, 7) is 2.03. The Hall–Kier alpha value is -1.67. The predicted octanol–water partition coefficient (Wildman–Crippen LogP) is 3.46. The zero-order chi connectivity index (χ0) is 11.4. The Balaban J connectivity index is 2.36. The van der Waals surface area contributed by atoms with Gasteiger partial charge >= 0.3 is 0 Å². The van der Waals surface area contributed by atoms with E-state index in [9.17, 15) is 0 Å². The summed E-state index contributed by atoms with van der Waals surface area (Å²) < 4.78 is 5.30. The molecule has 82 valence electrons. The minimum absolute atomic E-state index is 0.102. The Kier molecular flexibility index (Phi) is 3.32. The van der Waals surface area contributed by atoms with Gasteiger partial charge in [0.2, 0.25) is 0 Å². The van der Waals surface area contributed by atoms with Gasteiger partial charge in [-0.15, -0.1) is 0 Å². The second kappa shape index (κ2) is 4.90. The zero-order valence-corrected chi connectivity index (χ0v) is 9.55. The van der Waals surface area contributed by atoms with Gasteiger partial charge in [-0.2, -0.15) is 0 Å². The van der Waals surface area contributed by atoms with Crippen LogP contribution in [0, 0.1) is 0 Å². The number of rotatable bonds is 3. The predicted molar refractivity (Wildman–Crippen MR) is 65.1 cm³/mol. The molecule has 1 aromatic carbocycles. The highest BCUT2D eigenvalue weighted by Crippen LogP contribution is 2.21. The second-order valence-electron chi connectivity index (χ2n) is 3.72. The van der Waals surface area contributed by atoms with E-state index in [0.29, 0.717) is 0 Å². The third-order valence-electron chi connectivity index (χ3n) is 2.68. The van der Waals surface area contributed by atoms with Crippen molar-refractivity contribution in [3.63, 3.8) is 0 Å². The molecule has 1 unspecified atom stereocenters. The maximum Gasteiger partial charge on any atom is 0.0794 e. The van der Waals surface area contributed by atoms with Crippen molar-refractivity contribution in [3.8, 4) is 11.3 Å². The molecule has 0 saturated heterocycles. The van der Waals surface area contributed by atoms with Gasteiger partial charge in [-0.3, -0.25) is 4.98 Å². The van der Waals surface area contributed by atoms with E-state index in [0.717, 1.165) is 16.8 Å². The molecule has 1 atom stereocenters. The van der Waals surface area contributed by atoms with E-state index in [2.05, 4.69) is 23.2 Å². The van der Waals surface area contributed by atoms with Gasteiger partial charge in [-0.25, -0.2) is 0 Å². The molecule has 2 heteroatoms. The maximum absolute atomic E-state index is 5.30. The number of ether oxygens (including phenoxy) is 1. The summed E-state index contributed by atoms with van der Waals surface area (Å²) in [5.41, 5.74) is 3.27. The summed E-state index contributed by atoms with van der Waals surface area (Å²) in [5.74, 6) is 0. The minimum Gasteiger partial charge on any atom is -0.377 e. The molecule has 2 aromatic rings. The quantitative estimate of drug-likeness (QED) is 0.779. The third kappa shape index (κ3) is 2.28. The Labute approximate surface area is 95.9 Å². The van der Waals surface area contributed by atoms with E-state index in [1.54, 1.807) is 7.11 Å². The van der Waals surface area contributed by atoms with Crippen molar-refractivity contribution in [1.82, 2.24) is 4.98 Å². The average molecular weight is 213 g/mol. The summed E-state index contributed by atoms with van der Waals surface area (Å²) in [6.07, 6.45) is 1.93. The smallest absolute Gasteiger partial charge is 0.0794 e. The molecule has 2 rings (SSSR count). The molecule has 0 N–H and O–H groups in total. The minimum atomic E-state index is 0.102. The van der Waals surface area contributed by atoms with E-state index < -0.39 is 0 Å². The molecule has 0 amide bonds. The second-order valence-corrected chi connectivity index (χ2v) is 3.72. The van der Waals surface area contributed by atoms with Gasteiger partial charge in [0.25, 0.3) is 0 Å². The van der Waals surface area contributed by atoms with E-state index in [-0.39, 0.29) is 6.10 Å². The number of benzene rings is 1. The molecule has 0 aliphatic rings. The molecule has 1 aromatic heterocycles. The first-order valence-corrected chi connectivity index (χ1v) is 5.35. The monoisotopic (exact) mass is 213 g/mol. The lowest BCUT2D eigenvalue weighted by Gasteiger charge is -2.10. The largest absolute Gasteiger partial charge is 0.377 e. The molecular formula is C14H15NO. The fraction of sp³-hybridized carbons (Fsp3) is 0.214. The van der Waals surface area contributed by atoms with E-state index in [1.165, 1.54) is 0 Å². The summed E-state index contributed by atoms with van der Waals surface area (Å²) in [4.78, 5) is 4.37. The van der Waals surface area contributed by atoms with Crippen LogP contribution in [0.3, 0.4) is 0 Å². The molecule has 16 heavy (non-hydrogen) atoms. The van der Waals surface area contributed by atoms with Crippen LogP contribution >= 0.6 is 0 Å². The highest BCUT2D eigenvalue weighted by Gasteiger charge is 2.05. The molecule has 0 fully saturated rings. The van der Waals surface area contributed by atoms with Gasteiger partial charge in [0.15, 0.2) is 0 Å². The Morgan fingerprint density at radius 2 is 1.88 bits per heavy atom. The summed E-state index contributed by atoms with van der Waals surface area (Å²) >= 11 is 0. The summed E-state index contributed by atoms with van der Waals surface area (Å²) in [6, 6.07) is 14.2. The number of aromatic nitrogens is 1. The first kappa shape index (κ1) is 10.8. The third-order valence-corrected chi connectivity index (χ3v) is 2.68. The van der Waals surface area contributed by atoms with Crippen molar-refractivity contribution in [2.45, 2.75) is 13.0 Å². The van der Waals surface area contributed by atoms with Crippen LogP contribution in [0.1, 0.15) is 18.6 Å². The van der Waals surface area contributed by atoms with E-state index in [4.69, 9.17) is 4.74 Å². The van der Waals surface area contributed by atoms with Crippen molar-refractivity contribution in [2.75, 3.05) is 7.11 Å².